The molecule has 0 bridgehead atoms. The van der Waals surface area contributed by atoms with E-state index in [4.69, 9.17) is 27.9 Å². The Hall–Kier alpha value is -0.290. The van der Waals surface area contributed by atoms with E-state index in [0.717, 1.165) is 15.2 Å². The van der Waals surface area contributed by atoms with Crippen LogP contribution in [0, 0.1) is 0 Å². The Labute approximate surface area is 115 Å². The highest BCUT2D eigenvalue weighted by Gasteiger charge is 2.13. The van der Waals surface area contributed by atoms with Crippen LogP contribution in [-0.2, 0) is 0 Å². The third kappa shape index (κ3) is 2.20. The molecule has 0 N–H and O–H groups in total. The highest BCUT2D eigenvalue weighted by Crippen LogP contribution is 2.39. The molecule has 0 atom stereocenters. The molecular formula is C10H6BrCl2NOS. The Bertz CT molecular complexity index is 530. The lowest BCUT2D eigenvalue weighted by Crippen LogP contribution is -1.87. The molecule has 0 amide bonds. The van der Waals surface area contributed by atoms with Crippen molar-refractivity contribution in [3.63, 3.8) is 0 Å². The van der Waals surface area contributed by atoms with Crippen LogP contribution in [0.1, 0.15) is 0 Å². The fourth-order valence-electron chi connectivity index (χ4n) is 1.26. The van der Waals surface area contributed by atoms with E-state index >= 15 is 0 Å². The molecule has 84 valence electrons. The lowest BCUT2D eigenvalue weighted by molar-refractivity contribution is 0.415. The van der Waals surface area contributed by atoms with Crippen molar-refractivity contribution in [1.82, 2.24) is 4.98 Å². The molecule has 0 spiro atoms. The van der Waals surface area contributed by atoms with Gasteiger partial charge in [0.1, 0.15) is 10.8 Å². The second kappa shape index (κ2) is 4.92. The van der Waals surface area contributed by atoms with Crippen LogP contribution in [0.4, 0.5) is 0 Å². The van der Waals surface area contributed by atoms with Crippen LogP contribution in [0.2, 0.25) is 10.0 Å². The minimum absolute atomic E-state index is 0.408. The van der Waals surface area contributed by atoms with Crippen molar-refractivity contribution in [2.75, 3.05) is 7.11 Å². The summed E-state index contributed by atoms with van der Waals surface area (Å²) in [6, 6.07) is 3.62. The molecule has 1 aromatic carbocycles. The van der Waals surface area contributed by atoms with E-state index < -0.39 is 0 Å². The molecule has 6 heteroatoms. The van der Waals surface area contributed by atoms with Crippen LogP contribution in [0.3, 0.4) is 0 Å². The molecule has 1 aromatic heterocycles. The Morgan fingerprint density at radius 3 is 2.62 bits per heavy atom. The maximum atomic E-state index is 6.16. The zero-order valence-corrected chi connectivity index (χ0v) is 12.0. The number of hydrogen-bond acceptors (Lipinski definition) is 3. The first kappa shape index (κ1) is 12.2. The van der Waals surface area contributed by atoms with E-state index in [1.54, 1.807) is 13.2 Å². The standard InChI is InChI=1S/C10H6BrCl2NOS/c1-15-7-3-2-5(8(12)9(7)13)6-4-16-10(11)14-6/h2-4H,1H3. The number of halogens is 3. The summed E-state index contributed by atoms with van der Waals surface area (Å²) in [5.41, 5.74) is 1.60. The SMILES string of the molecule is COc1ccc(-c2csc(Br)n2)c(Cl)c1Cl. The van der Waals surface area contributed by atoms with Gasteiger partial charge in [0.15, 0.2) is 3.92 Å². The Kier molecular flexibility index (Phi) is 3.74. The first-order chi connectivity index (χ1) is 7.63. The molecule has 16 heavy (non-hydrogen) atoms. The van der Waals surface area contributed by atoms with Crippen molar-refractivity contribution in [1.29, 1.82) is 0 Å². The second-order valence-corrected chi connectivity index (χ2v) is 5.82. The molecule has 2 nitrogen and oxygen atoms in total. The van der Waals surface area contributed by atoms with Crippen molar-refractivity contribution < 1.29 is 4.74 Å². The Balaban J connectivity index is 2.55. The zero-order chi connectivity index (χ0) is 11.7. The van der Waals surface area contributed by atoms with E-state index in [9.17, 15) is 0 Å². The van der Waals surface area contributed by atoms with Crippen molar-refractivity contribution in [3.8, 4) is 17.0 Å². The van der Waals surface area contributed by atoms with E-state index in [1.807, 2.05) is 11.4 Å². The maximum absolute atomic E-state index is 6.16. The molecule has 1 heterocycles. The van der Waals surface area contributed by atoms with Gasteiger partial charge in [-0.15, -0.1) is 11.3 Å². The number of ether oxygens (including phenoxy) is 1. The molecule has 0 unspecified atom stereocenters. The average Bonchev–Trinajstić information content (AvgIpc) is 2.69. The van der Waals surface area contributed by atoms with Crippen molar-refractivity contribution >= 4 is 50.5 Å². The normalized spacial score (nSPS) is 10.5. The molecule has 0 aliphatic rings. The predicted octanol–water partition coefficient (Wildman–Crippen LogP) is 4.89. The smallest absolute Gasteiger partial charge is 0.159 e. The molecular weight excluding hydrogens is 333 g/mol. The van der Waals surface area contributed by atoms with Crippen LogP contribution < -0.4 is 4.74 Å². The Morgan fingerprint density at radius 2 is 2.06 bits per heavy atom. The third-order valence-electron chi connectivity index (χ3n) is 2.02. The number of nitrogens with zero attached hydrogens (tertiary/aromatic N) is 1. The van der Waals surface area contributed by atoms with Gasteiger partial charge in [-0.3, -0.25) is 0 Å². The minimum atomic E-state index is 0.408. The van der Waals surface area contributed by atoms with E-state index in [-0.39, 0.29) is 0 Å². The molecule has 2 aromatic rings. The topological polar surface area (TPSA) is 22.1 Å². The average molecular weight is 339 g/mol. The van der Waals surface area contributed by atoms with E-state index in [1.165, 1.54) is 11.3 Å². The van der Waals surface area contributed by atoms with Crippen LogP contribution >= 0.6 is 50.5 Å². The number of aromatic nitrogens is 1. The molecule has 0 saturated carbocycles. The van der Waals surface area contributed by atoms with Crippen molar-refractivity contribution in [3.05, 3.63) is 31.5 Å². The van der Waals surface area contributed by atoms with E-state index in [2.05, 4.69) is 20.9 Å². The fourth-order valence-corrected chi connectivity index (χ4v) is 2.77. The van der Waals surface area contributed by atoms with Gasteiger partial charge in [-0.1, -0.05) is 23.2 Å². The summed E-state index contributed by atoms with van der Waals surface area (Å²) in [5.74, 6) is 0.560. The van der Waals surface area contributed by atoms with Gasteiger partial charge in [0.2, 0.25) is 0 Å². The molecule has 0 aliphatic heterocycles. The lowest BCUT2D eigenvalue weighted by atomic mass is 10.1. The quantitative estimate of drug-likeness (QED) is 0.777. The fraction of sp³-hybridized carbons (Fsp3) is 0.100. The lowest BCUT2D eigenvalue weighted by Gasteiger charge is -2.07. The summed E-state index contributed by atoms with van der Waals surface area (Å²) in [6.45, 7) is 0. The highest BCUT2D eigenvalue weighted by molar-refractivity contribution is 9.11. The van der Waals surface area contributed by atoms with E-state index in [0.29, 0.717) is 15.8 Å². The summed E-state index contributed by atoms with van der Waals surface area (Å²) in [6.07, 6.45) is 0. The van der Waals surface area contributed by atoms with Gasteiger partial charge in [0.05, 0.1) is 17.8 Å². The molecule has 0 aliphatic carbocycles. The number of benzene rings is 1. The molecule has 0 radical (unpaired) electrons. The van der Waals surface area contributed by atoms with Gasteiger partial charge in [-0.2, -0.15) is 0 Å². The maximum Gasteiger partial charge on any atom is 0.159 e. The number of thiazole rings is 1. The van der Waals surface area contributed by atoms with Crippen LogP contribution in [-0.4, -0.2) is 12.1 Å². The highest BCUT2D eigenvalue weighted by atomic mass is 79.9. The number of methoxy groups -OCH3 is 1. The monoisotopic (exact) mass is 337 g/mol. The van der Waals surface area contributed by atoms with Crippen molar-refractivity contribution in [2.45, 2.75) is 0 Å². The molecule has 0 saturated heterocycles. The minimum Gasteiger partial charge on any atom is -0.495 e. The predicted molar refractivity (Wildman–Crippen MR) is 71.8 cm³/mol. The zero-order valence-electron chi connectivity index (χ0n) is 8.13. The Morgan fingerprint density at radius 1 is 1.31 bits per heavy atom. The van der Waals surface area contributed by atoms with Crippen LogP contribution in [0.15, 0.2) is 21.4 Å². The van der Waals surface area contributed by atoms with Gasteiger partial charge >= 0.3 is 0 Å². The summed E-state index contributed by atoms with van der Waals surface area (Å²) >= 11 is 17.0. The molecule has 0 fully saturated rings. The summed E-state index contributed by atoms with van der Waals surface area (Å²) in [7, 11) is 1.55. The summed E-state index contributed by atoms with van der Waals surface area (Å²) in [5, 5.41) is 2.78. The van der Waals surface area contributed by atoms with Crippen LogP contribution in [0.25, 0.3) is 11.3 Å². The first-order valence-corrected chi connectivity index (χ1v) is 6.69. The number of rotatable bonds is 2. The number of hydrogen-bond donors (Lipinski definition) is 0. The summed E-state index contributed by atoms with van der Waals surface area (Å²) in [4.78, 5) is 4.29. The van der Waals surface area contributed by atoms with Gasteiger partial charge in [-0.25, -0.2) is 4.98 Å². The van der Waals surface area contributed by atoms with Gasteiger partial charge in [0, 0.05) is 10.9 Å². The van der Waals surface area contributed by atoms with Gasteiger partial charge in [-0.05, 0) is 28.1 Å². The van der Waals surface area contributed by atoms with Crippen LogP contribution in [0.5, 0.6) is 5.75 Å². The summed E-state index contributed by atoms with van der Waals surface area (Å²) < 4.78 is 5.89. The van der Waals surface area contributed by atoms with Gasteiger partial charge < -0.3 is 4.74 Å². The van der Waals surface area contributed by atoms with Gasteiger partial charge in [0.25, 0.3) is 0 Å². The first-order valence-electron chi connectivity index (χ1n) is 4.27. The van der Waals surface area contributed by atoms with Crippen molar-refractivity contribution in [2.24, 2.45) is 0 Å². The largest absolute Gasteiger partial charge is 0.495 e. The second-order valence-electron chi connectivity index (χ2n) is 2.93. The molecule has 2 rings (SSSR count). The third-order valence-corrected chi connectivity index (χ3v) is 4.25.